The fourth-order valence-electron chi connectivity index (χ4n) is 2.38. The van der Waals surface area contributed by atoms with E-state index in [0.717, 1.165) is 26.6 Å². The molecule has 0 unspecified atom stereocenters. The minimum absolute atomic E-state index is 0.115. The van der Waals surface area contributed by atoms with Crippen molar-refractivity contribution in [3.8, 4) is 11.4 Å². The van der Waals surface area contributed by atoms with E-state index in [2.05, 4.69) is 20.9 Å². The van der Waals surface area contributed by atoms with Crippen molar-refractivity contribution >= 4 is 32.9 Å². The summed E-state index contributed by atoms with van der Waals surface area (Å²) in [6, 6.07) is 13.5. The van der Waals surface area contributed by atoms with E-state index in [1.807, 2.05) is 49.4 Å². The molecule has 4 nitrogen and oxygen atoms in total. The zero-order chi connectivity index (χ0) is 15.0. The quantitative estimate of drug-likeness (QED) is 0.784. The van der Waals surface area contributed by atoms with Gasteiger partial charge < -0.3 is 9.67 Å². The van der Waals surface area contributed by atoms with Gasteiger partial charge in [0.2, 0.25) is 0 Å². The second-order valence-corrected chi connectivity index (χ2v) is 5.74. The third-order valence-electron chi connectivity index (χ3n) is 3.31. The summed E-state index contributed by atoms with van der Waals surface area (Å²) in [5.41, 5.74) is 3.63. The van der Waals surface area contributed by atoms with Crippen LogP contribution in [0.1, 0.15) is 5.56 Å². The van der Waals surface area contributed by atoms with Gasteiger partial charge in [-0.15, -0.1) is 0 Å². The van der Waals surface area contributed by atoms with E-state index in [1.54, 1.807) is 4.57 Å². The van der Waals surface area contributed by atoms with Gasteiger partial charge in [0.05, 0.1) is 11.0 Å². The molecule has 0 radical (unpaired) electrons. The lowest BCUT2D eigenvalue weighted by Crippen LogP contribution is -2.10. The number of carbonyl (C=O) groups is 1. The highest BCUT2D eigenvalue weighted by Gasteiger charge is 2.16. The van der Waals surface area contributed by atoms with Crippen molar-refractivity contribution in [3.05, 3.63) is 52.5 Å². The molecule has 21 heavy (non-hydrogen) atoms. The fourth-order valence-corrected chi connectivity index (χ4v) is 3.05. The summed E-state index contributed by atoms with van der Waals surface area (Å²) >= 11 is 3.54. The van der Waals surface area contributed by atoms with Gasteiger partial charge in [-0.05, 0) is 36.8 Å². The van der Waals surface area contributed by atoms with Crippen molar-refractivity contribution in [2.45, 2.75) is 13.5 Å². The number of hydrogen-bond acceptors (Lipinski definition) is 2. The number of rotatable bonds is 3. The smallest absolute Gasteiger partial charge is 0.323 e. The Morgan fingerprint density at radius 1 is 1.29 bits per heavy atom. The molecule has 0 amide bonds. The Bertz CT molecular complexity index is 839. The fraction of sp³-hybridized carbons (Fsp3) is 0.125. The highest BCUT2D eigenvalue weighted by Crippen LogP contribution is 2.31. The van der Waals surface area contributed by atoms with E-state index >= 15 is 0 Å². The van der Waals surface area contributed by atoms with E-state index in [-0.39, 0.29) is 6.54 Å². The predicted octanol–water partition coefficient (Wildman–Crippen LogP) is 3.86. The zero-order valence-electron chi connectivity index (χ0n) is 11.4. The number of halogens is 1. The van der Waals surface area contributed by atoms with Crippen molar-refractivity contribution in [2.75, 3.05) is 0 Å². The number of fused-ring (bicyclic) bond motifs is 1. The van der Waals surface area contributed by atoms with Crippen LogP contribution in [0, 0.1) is 6.92 Å². The van der Waals surface area contributed by atoms with E-state index in [9.17, 15) is 4.79 Å². The lowest BCUT2D eigenvalue weighted by atomic mass is 10.1. The molecule has 0 spiro atoms. The van der Waals surface area contributed by atoms with Crippen molar-refractivity contribution in [1.82, 2.24) is 9.55 Å². The Morgan fingerprint density at radius 2 is 2.05 bits per heavy atom. The van der Waals surface area contributed by atoms with Gasteiger partial charge in [0.1, 0.15) is 12.4 Å². The van der Waals surface area contributed by atoms with Gasteiger partial charge in [-0.1, -0.05) is 34.1 Å². The van der Waals surface area contributed by atoms with Crippen LogP contribution in [-0.2, 0) is 11.3 Å². The monoisotopic (exact) mass is 344 g/mol. The Balaban J connectivity index is 2.28. The summed E-state index contributed by atoms with van der Waals surface area (Å²) in [7, 11) is 0. The SMILES string of the molecule is Cc1ccc(-c2nc3ccccc3n2CC(=O)O)c(Br)c1. The van der Waals surface area contributed by atoms with Crippen molar-refractivity contribution in [2.24, 2.45) is 0 Å². The first-order valence-corrected chi connectivity index (χ1v) is 7.29. The van der Waals surface area contributed by atoms with Crippen LogP contribution in [0.5, 0.6) is 0 Å². The van der Waals surface area contributed by atoms with Gasteiger partial charge in [0.15, 0.2) is 0 Å². The molecule has 106 valence electrons. The average molecular weight is 345 g/mol. The molecule has 0 saturated heterocycles. The molecule has 0 aliphatic rings. The van der Waals surface area contributed by atoms with Crippen LogP contribution in [0.15, 0.2) is 46.9 Å². The molecule has 1 N–H and O–H groups in total. The molecule has 0 aliphatic carbocycles. The van der Waals surface area contributed by atoms with Crippen LogP contribution < -0.4 is 0 Å². The maximum Gasteiger partial charge on any atom is 0.323 e. The first kappa shape index (κ1) is 13.8. The largest absolute Gasteiger partial charge is 0.480 e. The van der Waals surface area contributed by atoms with Crippen molar-refractivity contribution in [3.63, 3.8) is 0 Å². The molecule has 0 atom stereocenters. The van der Waals surface area contributed by atoms with E-state index in [0.29, 0.717) is 5.82 Å². The molecule has 3 rings (SSSR count). The van der Waals surface area contributed by atoms with E-state index in [4.69, 9.17) is 5.11 Å². The maximum absolute atomic E-state index is 11.2. The number of hydrogen-bond donors (Lipinski definition) is 1. The Labute approximate surface area is 130 Å². The van der Waals surface area contributed by atoms with Crippen LogP contribution in [0.2, 0.25) is 0 Å². The number of para-hydroxylation sites is 2. The van der Waals surface area contributed by atoms with Gasteiger partial charge in [-0.25, -0.2) is 4.98 Å². The van der Waals surface area contributed by atoms with Crippen molar-refractivity contribution in [1.29, 1.82) is 0 Å². The molecule has 5 heteroatoms. The van der Waals surface area contributed by atoms with Crippen LogP contribution in [0.4, 0.5) is 0 Å². The molecule has 1 heterocycles. The summed E-state index contributed by atoms with van der Waals surface area (Å²) in [6.45, 7) is 1.89. The number of carboxylic acid groups (broad SMARTS) is 1. The molecule has 0 bridgehead atoms. The first-order chi connectivity index (χ1) is 10.1. The number of aliphatic carboxylic acids is 1. The predicted molar refractivity (Wildman–Crippen MR) is 85.2 cm³/mol. The minimum Gasteiger partial charge on any atom is -0.480 e. The van der Waals surface area contributed by atoms with Gasteiger partial charge in [0.25, 0.3) is 0 Å². The van der Waals surface area contributed by atoms with Crippen LogP contribution in [-0.4, -0.2) is 20.6 Å². The number of nitrogens with zero attached hydrogens (tertiary/aromatic N) is 2. The topological polar surface area (TPSA) is 55.1 Å². The van der Waals surface area contributed by atoms with Gasteiger partial charge in [-0.3, -0.25) is 4.79 Å². The summed E-state index contributed by atoms with van der Waals surface area (Å²) in [5.74, 6) is -0.229. The number of imidazole rings is 1. The van der Waals surface area contributed by atoms with Gasteiger partial charge in [0, 0.05) is 10.0 Å². The lowest BCUT2D eigenvalue weighted by molar-refractivity contribution is -0.137. The standard InChI is InChI=1S/C16H13BrN2O2/c1-10-6-7-11(12(17)8-10)16-18-13-4-2-3-5-14(13)19(16)9-15(20)21/h2-8H,9H2,1H3,(H,20,21). The molecular weight excluding hydrogens is 332 g/mol. The lowest BCUT2D eigenvalue weighted by Gasteiger charge is -2.08. The molecule has 0 fully saturated rings. The van der Waals surface area contributed by atoms with Crippen LogP contribution in [0.3, 0.4) is 0 Å². The second-order valence-electron chi connectivity index (χ2n) is 4.89. The Kier molecular flexibility index (Phi) is 3.51. The summed E-state index contributed by atoms with van der Waals surface area (Å²) in [6.07, 6.45) is 0. The zero-order valence-corrected chi connectivity index (χ0v) is 13.0. The second kappa shape index (κ2) is 5.33. The Morgan fingerprint density at radius 3 is 2.76 bits per heavy atom. The number of aromatic nitrogens is 2. The molecular formula is C16H13BrN2O2. The highest BCUT2D eigenvalue weighted by atomic mass is 79.9. The molecule has 2 aromatic carbocycles. The number of aryl methyl sites for hydroxylation is 1. The third-order valence-corrected chi connectivity index (χ3v) is 3.97. The van der Waals surface area contributed by atoms with Gasteiger partial charge >= 0.3 is 5.97 Å². The number of benzene rings is 2. The minimum atomic E-state index is -0.886. The summed E-state index contributed by atoms with van der Waals surface area (Å²) in [5, 5.41) is 9.17. The summed E-state index contributed by atoms with van der Waals surface area (Å²) in [4.78, 5) is 15.8. The molecule has 0 aliphatic heterocycles. The first-order valence-electron chi connectivity index (χ1n) is 6.50. The van der Waals surface area contributed by atoms with Crippen LogP contribution in [0.25, 0.3) is 22.4 Å². The van der Waals surface area contributed by atoms with Gasteiger partial charge in [-0.2, -0.15) is 0 Å². The third kappa shape index (κ3) is 2.56. The average Bonchev–Trinajstić information content (AvgIpc) is 2.77. The molecule has 1 aromatic heterocycles. The van der Waals surface area contributed by atoms with E-state index in [1.165, 1.54) is 0 Å². The summed E-state index contributed by atoms with van der Waals surface area (Å²) < 4.78 is 2.64. The molecule has 0 saturated carbocycles. The van der Waals surface area contributed by atoms with E-state index < -0.39 is 5.97 Å². The maximum atomic E-state index is 11.2. The molecule has 3 aromatic rings. The normalized spacial score (nSPS) is 11.0. The van der Waals surface area contributed by atoms with Crippen molar-refractivity contribution < 1.29 is 9.90 Å². The number of carboxylic acids is 1. The Hall–Kier alpha value is -2.14. The highest BCUT2D eigenvalue weighted by molar-refractivity contribution is 9.10. The van der Waals surface area contributed by atoms with Crippen LogP contribution >= 0.6 is 15.9 Å².